The van der Waals surface area contributed by atoms with Gasteiger partial charge in [0, 0.05) is 12.5 Å². The first-order chi connectivity index (χ1) is 8.14. The molecule has 1 N–H and O–H groups in total. The maximum atomic E-state index is 10.3. The number of aliphatic hydroxyl groups excluding tert-OH is 1. The number of aromatic nitrogens is 2. The SMILES string of the molecule is COc1cc(CC(O)C2(C)CCCC2)ncn1. The van der Waals surface area contributed by atoms with Gasteiger partial charge in [0.05, 0.1) is 18.9 Å². The van der Waals surface area contributed by atoms with E-state index in [1.807, 2.05) is 0 Å². The van der Waals surface area contributed by atoms with Crippen LogP contribution >= 0.6 is 0 Å². The number of ether oxygens (including phenoxy) is 1. The molecule has 1 atom stereocenters. The highest BCUT2D eigenvalue weighted by atomic mass is 16.5. The lowest BCUT2D eigenvalue weighted by Gasteiger charge is -2.29. The molecule has 1 aliphatic carbocycles. The van der Waals surface area contributed by atoms with E-state index in [4.69, 9.17) is 4.74 Å². The summed E-state index contributed by atoms with van der Waals surface area (Å²) >= 11 is 0. The van der Waals surface area contributed by atoms with Crippen LogP contribution in [0.5, 0.6) is 5.88 Å². The number of hydrogen-bond acceptors (Lipinski definition) is 4. The maximum Gasteiger partial charge on any atom is 0.216 e. The van der Waals surface area contributed by atoms with Crippen molar-refractivity contribution in [2.45, 2.75) is 45.1 Å². The van der Waals surface area contributed by atoms with Crippen LogP contribution in [0.3, 0.4) is 0 Å². The average Bonchev–Trinajstić information content (AvgIpc) is 2.78. The molecule has 4 nitrogen and oxygen atoms in total. The normalized spacial score (nSPS) is 20.2. The second kappa shape index (κ2) is 5.00. The first kappa shape index (κ1) is 12.3. The third-order valence-corrected chi connectivity index (χ3v) is 3.86. The van der Waals surface area contributed by atoms with Gasteiger partial charge < -0.3 is 9.84 Å². The van der Waals surface area contributed by atoms with E-state index in [1.54, 1.807) is 13.2 Å². The Balaban J connectivity index is 2.04. The van der Waals surface area contributed by atoms with Crippen molar-refractivity contribution >= 4 is 0 Å². The van der Waals surface area contributed by atoms with Gasteiger partial charge in [-0.25, -0.2) is 9.97 Å². The third kappa shape index (κ3) is 2.75. The molecule has 0 radical (unpaired) electrons. The molecule has 4 heteroatoms. The van der Waals surface area contributed by atoms with Gasteiger partial charge in [0.15, 0.2) is 0 Å². The zero-order valence-corrected chi connectivity index (χ0v) is 10.5. The van der Waals surface area contributed by atoms with Crippen molar-refractivity contribution in [1.29, 1.82) is 0 Å². The molecular formula is C13H20N2O2. The Kier molecular flexibility index (Phi) is 3.62. The molecule has 2 rings (SSSR count). The van der Waals surface area contributed by atoms with Crippen molar-refractivity contribution in [3.05, 3.63) is 18.1 Å². The number of rotatable bonds is 4. The van der Waals surface area contributed by atoms with Crippen LogP contribution in [-0.2, 0) is 6.42 Å². The summed E-state index contributed by atoms with van der Waals surface area (Å²) in [6.45, 7) is 2.17. The molecule has 0 saturated heterocycles. The molecule has 0 aromatic carbocycles. The zero-order valence-electron chi connectivity index (χ0n) is 10.5. The standard InChI is InChI=1S/C13H20N2O2/c1-13(5-3-4-6-13)11(16)7-10-8-12(17-2)15-9-14-10/h8-9,11,16H,3-7H2,1-2H3. The Morgan fingerprint density at radius 1 is 1.41 bits per heavy atom. The summed E-state index contributed by atoms with van der Waals surface area (Å²) in [4.78, 5) is 8.14. The molecule has 17 heavy (non-hydrogen) atoms. The van der Waals surface area contributed by atoms with Gasteiger partial charge >= 0.3 is 0 Å². The Hall–Kier alpha value is -1.16. The highest BCUT2D eigenvalue weighted by Crippen LogP contribution is 2.41. The summed E-state index contributed by atoms with van der Waals surface area (Å²) in [5.74, 6) is 0.554. The number of aliphatic hydroxyl groups is 1. The van der Waals surface area contributed by atoms with Crippen LogP contribution in [-0.4, -0.2) is 28.3 Å². The summed E-state index contributed by atoms with van der Waals surface area (Å²) < 4.78 is 5.05. The molecule has 1 aliphatic rings. The predicted molar refractivity (Wildman–Crippen MR) is 64.9 cm³/mol. The first-order valence-corrected chi connectivity index (χ1v) is 6.17. The van der Waals surface area contributed by atoms with Crippen LogP contribution < -0.4 is 4.74 Å². The van der Waals surface area contributed by atoms with E-state index >= 15 is 0 Å². The zero-order chi connectivity index (χ0) is 12.3. The van der Waals surface area contributed by atoms with Crippen LogP contribution in [0.15, 0.2) is 12.4 Å². The second-order valence-corrected chi connectivity index (χ2v) is 5.13. The first-order valence-electron chi connectivity index (χ1n) is 6.17. The van der Waals surface area contributed by atoms with Gasteiger partial charge in [0.25, 0.3) is 0 Å². The van der Waals surface area contributed by atoms with Crippen LogP contribution in [0.1, 0.15) is 38.3 Å². The molecule has 0 amide bonds. The summed E-state index contributed by atoms with van der Waals surface area (Å²) in [5.41, 5.74) is 0.899. The largest absolute Gasteiger partial charge is 0.481 e. The van der Waals surface area contributed by atoms with Crippen molar-refractivity contribution in [2.75, 3.05) is 7.11 Å². The number of hydrogen-bond donors (Lipinski definition) is 1. The summed E-state index contributed by atoms with van der Waals surface area (Å²) in [6, 6.07) is 1.79. The van der Waals surface area contributed by atoms with E-state index in [0.29, 0.717) is 12.3 Å². The van der Waals surface area contributed by atoms with E-state index in [0.717, 1.165) is 18.5 Å². The van der Waals surface area contributed by atoms with Gasteiger partial charge in [-0.15, -0.1) is 0 Å². The summed E-state index contributed by atoms with van der Waals surface area (Å²) in [6.07, 6.45) is 6.39. The molecular weight excluding hydrogens is 216 g/mol. The number of methoxy groups -OCH3 is 1. The molecule has 1 aromatic heterocycles. The van der Waals surface area contributed by atoms with E-state index in [1.165, 1.54) is 19.2 Å². The van der Waals surface area contributed by atoms with Crippen molar-refractivity contribution in [1.82, 2.24) is 9.97 Å². The van der Waals surface area contributed by atoms with Gasteiger partial charge in [0.1, 0.15) is 6.33 Å². The highest BCUT2D eigenvalue weighted by molar-refractivity contribution is 5.14. The Labute approximate surface area is 102 Å². The fourth-order valence-electron chi connectivity index (χ4n) is 2.56. The number of nitrogens with zero attached hydrogens (tertiary/aromatic N) is 2. The maximum absolute atomic E-state index is 10.3. The lowest BCUT2D eigenvalue weighted by atomic mass is 9.80. The van der Waals surface area contributed by atoms with Crippen LogP contribution in [0.25, 0.3) is 0 Å². The molecule has 1 heterocycles. The second-order valence-electron chi connectivity index (χ2n) is 5.13. The van der Waals surface area contributed by atoms with Crippen molar-refractivity contribution in [2.24, 2.45) is 5.41 Å². The molecule has 1 saturated carbocycles. The molecule has 0 aliphatic heterocycles. The fourth-order valence-corrected chi connectivity index (χ4v) is 2.56. The van der Waals surface area contributed by atoms with E-state index in [2.05, 4.69) is 16.9 Å². The quantitative estimate of drug-likeness (QED) is 0.868. The fraction of sp³-hybridized carbons (Fsp3) is 0.692. The monoisotopic (exact) mass is 236 g/mol. The molecule has 0 spiro atoms. The Bertz CT molecular complexity index is 375. The predicted octanol–water partition coefficient (Wildman–Crippen LogP) is 1.97. The summed E-state index contributed by atoms with van der Waals surface area (Å²) in [5, 5.41) is 10.3. The van der Waals surface area contributed by atoms with Crippen LogP contribution in [0.2, 0.25) is 0 Å². The molecule has 0 bridgehead atoms. The van der Waals surface area contributed by atoms with Gasteiger partial charge in [-0.3, -0.25) is 0 Å². The molecule has 1 fully saturated rings. The van der Waals surface area contributed by atoms with Gasteiger partial charge in [-0.05, 0) is 18.3 Å². The van der Waals surface area contributed by atoms with Gasteiger partial charge in [0.2, 0.25) is 5.88 Å². The minimum atomic E-state index is -0.329. The topological polar surface area (TPSA) is 55.2 Å². The highest BCUT2D eigenvalue weighted by Gasteiger charge is 2.36. The lowest BCUT2D eigenvalue weighted by Crippen LogP contribution is -2.31. The third-order valence-electron chi connectivity index (χ3n) is 3.86. The lowest BCUT2D eigenvalue weighted by molar-refractivity contribution is 0.0415. The van der Waals surface area contributed by atoms with Crippen LogP contribution in [0.4, 0.5) is 0 Å². The van der Waals surface area contributed by atoms with E-state index < -0.39 is 0 Å². The molecule has 1 unspecified atom stereocenters. The van der Waals surface area contributed by atoms with E-state index in [9.17, 15) is 5.11 Å². The average molecular weight is 236 g/mol. The minimum Gasteiger partial charge on any atom is -0.481 e. The van der Waals surface area contributed by atoms with Crippen molar-refractivity contribution in [3.63, 3.8) is 0 Å². The van der Waals surface area contributed by atoms with Crippen LogP contribution in [0, 0.1) is 5.41 Å². The Morgan fingerprint density at radius 3 is 2.76 bits per heavy atom. The summed E-state index contributed by atoms with van der Waals surface area (Å²) in [7, 11) is 1.58. The van der Waals surface area contributed by atoms with Gasteiger partial charge in [-0.2, -0.15) is 0 Å². The van der Waals surface area contributed by atoms with E-state index in [-0.39, 0.29) is 11.5 Å². The Morgan fingerprint density at radius 2 is 2.12 bits per heavy atom. The minimum absolute atomic E-state index is 0.0538. The van der Waals surface area contributed by atoms with Gasteiger partial charge in [-0.1, -0.05) is 19.8 Å². The molecule has 94 valence electrons. The smallest absolute Gasteiger partial charge is 0.216 e. The van der Waals surface area contributed by atoms with Crippen molar-refractivity contribution in [3.8, 4) is 5.88 Å². The van der Waals surface area contributed by atoms with Crippen molar-refractivity contribution < 1.29 is 9.84 Å². The molecule has 1 aromatic rings.